The zero-order valence-electron chi connectivity index (χ0n) is 14.0. The Labute approximate surface area is 159 Å². The van der Waals surface area contributed by atoms with Crippen LogP contribution in [-0.2, 0) is 11.2 Å². The molecule has 1 amide bonds. The summed E-state index contributed by atoms with van der Waals surface area (Å²) in [6, 6.07) is 13.9. The molecule has 3 aromatic rings. The van der Waals surface area contributed by atoms with Crippen molar-refractivity contribution in [1.29, 1.82) is 0 Å². The van der Waals surface area contributed by atoms with E-state index >= 15 is 0 Å². The fourth-order valence-corrected chi connectivity index (χ4v) is 3.77. The van der Waals surface area contributed by atoms with Crippen LogP contribution in [0.3, 0.4) is 0 Å². The first-order chi connectivity index (χ1) is 12.6. The molecule has 0 aliphatic carbocycles. The minimum absolute atomic E-state index is 0.0990. The molecule has 0 spiro atoms. The molecular formula is C18H17FN4OS2. The van der Waals surface area contributed by atoms with Crippen LogP contribution in [0.15, 0.2) is 52.9 Å². The lowest BCUT2D eigenvalue weighted by molar-refractivity contribution is -0.113. The lowest BCUT2D eigenvalue weighted by atomic mass is 10.1. The standard InChI is InChI=1S/C18H17FN4OS2/c1-2-12-5-3-7-14(9-12)20-16(24)11-25-18-23-22-17(26-18)21-15-8-4-6-13(19)10-15/h3-10H,2,11H2,1H3,(H,20,24)(H,21,22). The molecule has 8 heteroatoms. The number of benzene rings is 2. The Morgan fingerprint density at radius 3 is 2.77 bits per heavy atom. The Morgan fingerprint density at radius 1 is 1.15 bits per heavy atom. The van der Waals surface area contributed by atoms with Gasteiger partial charge >= 0.3 is 0 Å². The molecule has 0 saturated heterocycles. The van der Waals surface area contributed by atoms with E-state index in [9.17, 15) is 9.18 Å². The van der Waals surface area contributed by atoms with Crippen LogP contribution >= 0.6 is 23.1 Å². The van der Waals surface area contributed by atoms with E-state index in [-0.39, 0.29) is 17.5 Å². The van der Waals surface area contributed by atoms with Crippen molar-refractivity contribution in [2.24, 2.45) is 0 Å². The molecule has 2 N–H and O–H groups in total. The lowest BCUT2D eigenvalue weighted by Crippen LogP contribution is -2.14. The van der Waals surface area contributed by atoms with Crippen LogP contribution < -0.4 is 10.6 Å². The van der Waals surface area contributed by atoms with Crippen LogP contribution in [0.5, 0.6) is 0 Å². The van der Waals surface area contributed by atoms with E-state index in [1.807, 2.05) is 24.3 Å². The smallest absolute Gasteiger partial charge is 0.234 e. The fourth-order valence-electron chi connectivity index (χ4n) is 2.20. The van der Waals surface area contributed by atoms with Gasteiger partial charge < -0.3 is 10.6 Å². The highest BCUT2D eigenvalue weighted by atomic mass is 32.2. The van der Waals surface area contributed by atoms with Crippen LogP contribution in [-0.4, -0.2) is 21.9 Å². The number of carbonyl (C=O) groups is 1. The second kappa shape index (κ2) is 8.77. The van der Waals surface area contributed by atoms with Gasteiger partial charge in [0, 0.05) is 11.4 Å². The molecule has 1 heterocycles. The summed E-state index contributed by atoms with van der Waals surface area (Å²) < 4.78 is 13.9. The predicted octanol–water partition coefficient (Wildman–Crippen LogP) is 4.71. The van der Waals surface area contributed by atoms with Crippen LogP contribution in [0.25, 0.3) is 0 Å². The first kappa shape index (κ1) is 18.3. The number of rotatable bonds is 7. The van der Waals surface area contributed by atoms with Gasteiger partial charge in [-0.3, -0.25) is 4.79 Å². The number of halogens is 1. The van der Waals surface area contributed by atoms with Gasteiger partial charge in [-0.1, -0.05) is 48.2 Å². The molecule has 1 aromatic heterocycles. The van der Waals surface area contributed by atoms with Crippen LogP contribution in [0.1, 0.15) is 12.5 Å². The average molecular weight is 388 g/mol. The highest BCUT2D eigenvalue weighted by molar-refractivity contribution is 8.01. The second-order valence-corrected chi connectivity index (χ2v) is 7.60. The first-order valence-electron chi connectivity index (χ1n) is 8.00. The van der Waals surface area contributed by atoms with Gasteiger partial charge in [-0.05, 0) is 42.3 Å². The summed E-state index contributed by atoms with van der Waals surface area (Å²) in [6.45, 7) is 2.07. The van der Waals surface area contributed by atoms with Gasteiger partial charge in [-0.25, -0.2) is 4.39 Å². The second-order valence-electron chi connectivity index (χ2n) is 5.40. The maximum absolute atomic E-state index is 13.2. The first-order valence-corrected chi connectivity index (χ1v) is 9.80. The molecule has 0 fully saturated rings. The van der Waals surface area contributed by atoms with E-state index in [0.717, 1.165) is 12.1 Å². The van der Waals surface area contributed by atoms with Crippen LogP contribution in [0, 0.1) is 5.82 Å². The summed E-state index contributed by atoms with van der Waals surface area (Å²) in [4.78, 5) is 12.1. The number of aryl methyl sites for hydroxylation is 1. The third-order valence-electron chi connectivity index (χ3n) is 3.43. The van der Waals surface area contributed by atoms with Crippen LogP contribution in [0.2, 0.25) is 0 Å². The fraction of sp³-hybridized carbons (Fsp3) is 0.167. The average Bonchev–Trinajstić information content (AvgIpc) is 3.07. The number of hydrogen-bond acceptors (Lipinski definition) is 6. The van der Waals surface area contributed by atoms with Crippen LogP contribution in [0.4, 0.5) is 20.9 Å². The molecule has 0 bridgehead atoms. The van der Waals surface area contributed by atoms with Crippen molar-refractivity contribution in [3.8, 4) is 0 Å². The number of amides is 1. The normalized spacial score (nSPS) is 10.5. The third kappa shape index (κ3) is 5.27. The molecule has 5 nitrogen and oxygen atoms in total. The molecule has 3 rings (SSSR count). The molecule has 0 atom stereocenters. The van der Waals surface area contributed by atoms with Crippen molar-refractivity contribution in [2.75, 3.05) is 16.4 Å². The van der Waals surface area contributed by atoms with Gasteiger partial charge in [-0.2, -0.15) is 0 Å². The Morgan fingerprint density at radius 2 is 1.96 bits per heavy atom. The summed E-state index contributed by atoms with van der Waals surface area (Å²) in [7, 11) is 0. The Balaban J connectivity index is 1.51. The molecule has 134 valence electrons. The minimum Gasteiger partial charge on any atom is -0.330 e. The van der Waals surface area contributed by atoms with Gasteiger partial charge in [0.1, 0.15) is 5.82 Å². The van der Waals surface area contributed by atoms with Crippen molar-refractivity contribution in [2.45, 2.75) is 17.7 Å². The summed E-state index contributed by atoms with van der Waals surface area (Å²) in [5, 5.41) is 14.5. The summed E-state index contributed by atoms with van der Waals surface area (Å²) >= 11 is 2.63. The molecular weight excluding hydrogens is 371 g/mol. The summed E-state index contributed by atoms with van der Waals surface area (Å²) in [5.41, 5.74) is 2.57. The highest BCUT2D eigenvalue weighted by Crippen LogP contribution is 2.28. The SMILES string of the molecule is CCc1cccc(NC(=O)CSc2nnc(Nc3cccc(F)c3)s2)c1. The van der Waals surface area contributed by atoms with Gasteiger partial charge in [-0.15, -0.1) is 10.2 Å². The number of nitrogens with zero attached hydrogens (tertiary/aromatic N) is 2. The predicted molar refractivity (Wildman–Crippen MR) is 105 cm³/mol. The molecule has 0 saturated carbocycles. The molecule has 0 aliphatic rings. The van der Waals surface area contributed by atoms with Crippen molar-refractivity contribution in [3.63, 3.8) is 0 Å². The van der Waals surface area contributed by atoms with E-state index in [1.54, 1.807) is 12.1 Å². The monoisotopic (exact) mass is 388 g/mol. The van der Waals surface area contributed by atoms with Gasteiger partial charge in [0.15, 0.2) is 4.34 Å². The van der Waals surface area contributed by atoms with Crippen molar-refractivity contribution < 1.29 is 9.18 Å². The maximum atomic E-state index is 13.2. The van der Waals surface area contributed by atoms with E-state index in [0.29, 0.717) is 15.2 Å². The number of nitrogens with one attached hydrogen (secondary N) is 2. The molecule has 0 aliphatic heterocycles. The van der Waals surface area contributed by atoms with E-state index in [2.05, 4.69) is 27.8 Å². The van der Waals surface area contributed by atoms with Gasteiger partial charge in [0.05, 0.1) is 5.75 Å². The molecule has 26 heavy (non-hydrogen) atoms. The van der Waals surface area contributed by atoms with Crippen molar-refractivity contribution in [3.05, 3.63) is 59.9 Å². The number of hydrogen-bond donors (Lipinski definition) is 2. The lowest BCUT2D eigenvalue weighted by Gasteiger charge is -2.05. The highest BCUT2D eigenvalue weighted by Gasteiger charge is 2.09. The minimum atomic E-state index is -0.321. The zero-order valence-corrected chi connectivity index (χ0v) is 15.7. The maximum Gasteiger partial charge on any atom is 0.234 e. The number of anilines is 3. The molecule has 0 radical (unpaired) electrons. The van der Waals surface area contributed by atoms with E-state index < -0.39 is 0 Å². The van der Waals surface area contributed by atoms with Gasteiger partial charge in [0.2, 0.25) is 11.0 Å². The van der Waals surface area contributed by atoms with E-state index in [4.69, 9.17) is 0 Å². The largest absolute Gasteiger partial charge is 0.330 e. The topological polar surface area (TPSA) is 66.9 Å². The van der Waals surface area contributed by atoms with Crippen molar-refractivity contribution in [1.82, 2.24) is 10.2 Å². The molecule has 2 aromatic carbocycles. The number of thioether (sulfide) groups is 1. The summed E-state index contributed by atoms with van der Waals surface area (Å²) in [6.07, 6.45) is 0.921. The quantitative estimate of drug-likeness (QED) is 0.574. The van der Waals surface area contributed by atoms with Gasteiger partial charge in [0.25, 0.3) is 0 Å². The Bertz CT molecular complexity index is 900. The van der Waals surface area contributed by atoms with E-state index in [1.165, 1.54) is 40.8 Å². The number of carbonyl (C=O) groups excluding carboxylic acids is 1. The number of aromatic nitrogens is 2. The van der Waals surface area contributed by atoms with Crippen molar-refractivity contribution >= 4 is 45.5 Å². The summed E-state index contributed by atoms with van der Waals surface area (Å²) in [5.74, 6) is -0.179. The Hall–Kier alpha value is -2.45. The molecule has 0 unspecified atom stereocenters. The zero-order chi connectivity index (χ0) is 18.4. The third-order valence-corrected chi connectivity index (χ3v) is 5.40. The Kier molecular flexibility index (Phi) is 6.19.